The Labute approximate surface area is 122 Å². The molecule has 0 aliphatic heterocycles. The lowest BCUT2D eigenvalue weighted by molar-refractivity contribution is -0.0198. The first kappa shape index (κ1) is 14.2. The van der Waals surface area contributed by atoms with E-state index in [4.69, 9.17) is 10.5 Å². The maximum Gasteiger partial charge on any atom is 0.129 e. The van der Waals surface area contributed by atoms with Gasteiger partial charge in [0.1, 0.15) is 11.6 Å². The van der Waals surface area contributed by atoms with Crippen molar-refractivity contribution < 1.29 is 13.5 Å². The fourth-order valence-electron chi connectivity index (χ4n) is 2.44. The van der Waals surface area contributed by atoms with Crippen LogP contribution in [0.1, 0.15) is 18.4 Å². The molecule has 0 aromatic heterocycles. The van der Waals surface area contributed by atoms with Gasteiger partial charge in [0.15, 0.2) is 0 Å². The summed E-state index contributed by atoms with van der Waals surface area (Å²) in [6.07, 6.45) is 1.83. The van der Waals surface area contributed by atoms with Gasteiger partial charge in [-0.15, -0.1) is 0 Å². The normalized spacial score (nSPS) is 21.1. The molecule has 1 saturated carbocycles. The molecule has 1 aliphatic rings. The summed E-state index contributed by atoms with van der Waals surface area (Å²) in [7, 11) is 0. The Morgan fingerprint density at radius 2 is 1.67 bits per heavy atom. The van der Waals surface area contributed by atoms with Crippen molar-refractivity contribution in [1.82, 2.24) is 0 Å². The molecule has 1 aliphatic carbocycles. The number of benzene rings is 2. The summed E-state index contributed by atoms with van der Waals surface area (Å²) in [5.74, 6) is -0.608. The molecule has 0 spiro atoms. The van der Waals surface area contributed by atoms with E-state index in [1.54, 1.807) is 18.2 Å². The van der Waals surface area contributed by atoms with Gasteiger partial charge in [0.05, 0.1) is 12.7 Å². The lowest BCUT2D eigenvalue weighted by atomic mass is 9.90. The summed E-state index contributed by atoms with van der Waals surface area (Å²) in [6.45, 7) is 0.257. The molecule has 3 rings (SSSR count). The smallest absolute Gasteiger partial charge is 0.129 e. The predicted molar refractivity (Wildman–Crippen MR) is 77.6 cm³/mol. The Hall–Kier alpha value is -1.78. The van der Waals surface area contributed by atoms with Crippen LogP contribution in [-0.2, 0) is 11.3 Å². The maximum atomic E-state index is 14.1. The molecule has 2 aromatic carbocycles. The summed E-state index contributed by atoms with van der Waals surface area (Å²) < 4.78 is 32.6. The number of ether oxygens (including phenoxy) is 1. The van der Waals surface area contributed by atoms with E-state index in [1.165, 1.54) is 18.2 Å². The van der Waals surface area contributed by atoms with Crippen molar-refractivity contribution in [2.75, 3.05) is 0 Å². The van der Waals surface area contributed by atoms with Gasteiger partial charge in [0, 0.05) is 11.6 Å². The van der Waals surface area contributed by atoms with E-state index in [0.717, 1.165) is 24.0 Å². The highest BCUT2D eigenvalue weighted by Gasteiger charge is 2.26. The van der Waals surface area contributed by atoms with Gasteiger partial charge < -0.3 is 10.5 Å². The molecule has 0 amide bonds. The minimum atomic E-state index is -0.305. The number of hydrogen-bond donors (Lipinski definition) is 1. The molecule has 0 atom stereocenters. The zero-order valence-corrected chi connectivity index (χ0v) is 11.6. The van der Waals surface area contributed by atoms with E-state index in [9.17, 15) is 8.78 Å². The van der Waals surface area contributed by atoms with Crippen LogP contribution in [-0.4, -0.2) is 12.1 Å². The molecule has 0 heterocycles. The van der Waals surface area contributed by atoms with E-state index in [1.807, 2.05) is 6.07 Å². The maximum absolute atomic E-state index is 14.1. The first-order valence-electron chi connectivity index (χ1n) is 7.03. The highest BCUT2D eigenvalue weighted by Crippen LogP contribution is 2.25. The molecule has 1 fully saturated rings. The second-order valence-corrected chi connectivity index (χ2v) is 5.48. The average molecular weight is 289 g/mol. The van der Waals surface area contributed by atoms with Gasteiger partial charge >= 0.3 is 0 Å². The molecule has 0 unspecified atom stereocenters. The van der Waals surface area contributed by atoms with E-state index in [-0.39, 0.29) is 30.4 Å². The summed E-state index contributed by atoms with van der Waals surface area (Å²) in [6, 6.07) is 11.2. The lowest BCUT2D eigenvalue weighted by Gasteiger charge is -2.32. The second-order valence-electron chi connectivity index (χ2n) is 5.48. The molecule has 2 N–H and O–H groups in total. The third-order valence-corrected chi connectivity index (χ3v) is 3.84. The Morgan fingerprint density at radius 1 is 1.00 bits per heavy atom. The third kappa shape index (κ3) is 3.28. The Bertz CT molecular complexity index is 621. The molecular weight excluding hydrogens is 272 g/mol. The van der Waals surface area contributed by atoms with Crippen molar-refractivity contribution >= 4 is 0 Å². The number of halogens is 2. The van der Waals surface area contributed by atoms with Gasteiger partial charge in [-0.25, -0.2) is 8.78 Å². The molecule has 110 valence electrons. The van der Waals surface area contributed by atoms with E-state index in [0.29, 0.717) is 5.56 Å². The summed E-state index contributed by atoms with van der Waals surface area (Å²) >= 11 is 0. The van der Waals surface area contributed by atoms with Crippen LogP contribution in [0.5, 0.6) is 0 Å². The topological polar surface area (TPSA) is 35.2 Å². The Kier molecular flexibility index (Phi) is 3.99. The quantitative estimate of drug-likeness (QED) is 0.932. The van der Waals surface area contributed by atoms with E-state index >= 15 is 0 Å². The molecule has 0 saturated heterocycles. The second kappa shape index (κ2) is 5.92. The van der Waals surface area contributed by atoms with Crippen molar-refractivity contribution in [3.63, 3.8) is 0 Å². The summed E-state index contributed by atoms with van der Waals surface area (Å²) in [5, 5.41) is 0. The number of rotatable bonds is 4. The monoisotopic (exact) mass is 289 g/mol. The van der Waals surface area contributed by atoms with Crippen LogP contribution in [0, 0.1) is 11.6 Å². The van der Waals surface area contributed by atoms with Crippen LogP contribution in [0.25, 0.3) is 11.1 Å². The number of hydrogen-bond acceptors (Lipinski definition) is 2. The van der Waals surface area contributed by atoms with Crippen LogP contribution >= 0.6 is 0 Å². The fraction of sp³-hybridized carbons (Fsp3) is 0.294. The Morgan fingerprint density at radius 3 is 2.29 bits per heavy atom. The van der Waals surface area contributed by atoms with Crippen molar-refractivity contribution in [3.8, 4) is 11.1 Å². The van der Waals surface area contributed by atoms with Crippen molar-refractivity contribution in [1.29, 1.82) is 0 Å². The zero-order chi connectivity index (χ0) is 14.8. The van der Waals surface area contributed by atoms with Gasteiger partial charge in [-0.3, -0.25) is 0 Å². The average Bonchev–Trinajstić information content (AvgIpc) is 2.44. The van der Waals surface area contributed by atoms with Gasteiger partial charge in [-0.2, -0.15) is 0 Å². The predicted octanol–water partition coefficient (Wildman–Crippen LogP) is 3.64. The largest absolute Gasteiger partial charge is 0.373 e. The van der Waals surface area contributed by atoms with Crippen molar-refractivity contribution in [2.45, 2.75) is 31.6 Å². The summed E-state index contributed by atoms with van der Waals surface area (Å²) in [4.78, 5) is 0. The minimum absolute atomic E-state index is 0.149. The van der Waals surface area contributed by atoms with Gasteiger partial charge in [-0.05, 0) is 42.2 Å². The first-order chi connectivity index (χ1) is 10.1. The number of nitrogens with two attached hydrogens (primary N) is 1. The molecule has 21 heavy (non-hydrogen) atoms. The minimum Gasteiger partial charge on any atom is -0.373 e. The standard InChI is InChI=1S/C17H17F2NO/c18-14-5-3-11(4-6-14)12-1-2-13(17(19)7-12)10-21-16-8-15(20)9-16/h1-7,15-16H,8-10,20H2/t15-,16-. The first-order valence-corrected chi connectivity index (χ1v) is 7.03. The zero-order valence-electron chi connectivity index (χ0n) is 11.6. The van der Waals surface area contributed by atoms with Crippen LogP contribution in [0.15, 0.2) is 42.5 Å². The highest BCUT2D eigenvalue weighted by molar-refractivity contribution is 5.63. The lowest BCUT2D eigenvalue weighted by Crippen LogP contribution is -2.41. The molecule has 0 bridgehead atoms. The van der Waals surface area contributed by atoms with E-state index < -0.39 is 0 Å². The van der Waals surface area contributed by atoms with Crippen molar-refractivity contribution in [2.24, 2.45) is 5.73 Å². The van der Waals surface area contributed by atoms with Gasteiger partial charge in [-0.1, -0.05) is 24.3 Å². The summed E-state index contributed by atoms with van der Waals surface area (Å²) in [5.41, 5.74) is 7.72. The SMILES string of the molecule is N[C@H]1C[C@H](OCc2ccc(-c3ccc(F)cc3)cc2F)C1. The molecule has 4 heteroatoms. The fourth-order valence-corrected chi connectivity index (χ4v) is 2.44. The molecule has 0 radical (unpaired) electrons. The molecule has 2 nitrogen and oxygen atoms in total. The van der Waals surface area contributed by atoms with Crippen LogP contribution in [0.4, 0.5) is 8.78 Å². The van der Waals surface area contributed by atoms with Gasteiger partial charge in [0.25, 0.3) is 0 Å². The highest BCUT2D eigenvalue weighted by atomic mass is 19.1. The molecule has 2 aromatic rings. The third-order valence-electron chi connectivity index (χ3n) is 3.84. The van der Waals surface area contributed by atoms with Crippen LogP contribution in [0.2, 0.25) is 0 Å². The Balaban J connectivity index is 1.69. The molecular formula is C17H17F2NO. The van der Waals surface area contributed by atoms with Crippen LogP contribution in [0.3, 0.4) is 0 Å². The van der Waals surface area contributed by atoms with Gasteiger partial charge in [0.2, 0.25) is 0 Å². The van der Waals surface area contributed by atoms with Crippen LogP contribution < -0.4 is 5.73 Å². The van der Waals surface area contributed by atoms with Crippen molar-refractivity contribution in [3.05, 3.63) is 59.7 Å². The van der Waals surface area contributed by atoms with E-state index in [2.05, 4.69) is 0 Å².